The summed E-state index contributed by atoms with van der Waals surface area (Å²) in [6.45, 7) is 3.14. The lowest BCUT2D eigenvalue weighted by Crippen LogP contribution is -2.49. The van der Waals surface area contributed by atoms with E-state index >= 15 is 0 Å². The molecule has 1 aliphatic heterocycles. The van der Waals surface area contributed by atoms with Crippen molar-refractivity contribution in [1.29, 1.82) is 0 Å². The number of sulfonamides is 1. The molecule has 0 bridgehead atoms. The molecule has 1 aromatic carbocycles. The molecule has 1 amide bonds. The Morgan fingerprint density at radius 2 is 2.00 bits per heavy atom. The number of carbonyl (C=O) groups is 1. The largest absolute Gasteiger partial charge is 0.381 e. The first kappa shape index (κ1) is 21.9. The van der Waals surface area contributed by atoms with E-state index in [2.05, 4.69) is 10.0 Å². The van der Waals surface area contributed by atoms with Crippen LogP contribution in [0.5, 0.6) is 0 Å². The Morgan fingerprint density at radius 1 is 1.36 bits per heavy atom. The molecule has 2 rings (SSSR count). The molecular weight excluding hydrogens is 366 g/mol. The van der Waals surface area contributed by atoms with Gasteiger partial charge < -0.3 is 15.8 Å². The highest BCUT2D eigenvalue weighted by Gasteiger charge is 2.39. The highest BCUT2D eigenvalue weighted by molar-refractivity contribution is 7.89. The number of ether oxygens (including phenoxy) is 1. The van der Waals surface area contributed by atoms with Gasteiger partial charge in [-0.15, -0.1) is 12.4 Å². The number of rotatable bonds is 6. The first-order valence-electron chi connectivity index (χ1n) is 7.97. The topological polar surface area (TPSA) is 111 Å². The van der Waals surface area contributed by atoms with E-state index in [1.54, 1.807) is 18.2 Å². The summed E-state index contributed by atoms with van der Waals surface area (Å²) in [5, 5.41) is 2.96. The van der Waals surface area contributed by atoms with Crippen LogP contribution in [0.25, 0.3) is 0 Å². The van der Waals surface area contributed by atoms with Crippen LogP contribution in [0.2, 0.25) is 0 Å². The van der Waals surface area contributed by atoms with E-state index in [1.165, 1.54) is 13.1 Å². The molecule has 1 fully saturated rings. The van der Waals surface area contributed by atoms with Crippen molar-refractivity contribution in [3.63, 3.8) is 0 Å². The third kappa shape index (κ3) is 4.92. The van der Waals surface area contributed by atoms with Crippen LogP contribution in [0, 0.1) is 5.41 Å². The normalized spacial score (nSPS) is 18.0. The third-order valence-electron chi connectivity index (χ3n) is 4.61. The minimum Gasteiger partial charge on any atom is -0.381 e. The fourth-order valence-corrected chi connectivity index (χ4v) is 3.57. The van der Waals surface area contributed by atoms with Crippen molar-refractivity contribution >= 4 is 28.3 Å². The number of halogens is 1. The van der Waals surface area contributed by atoms with Gasteiger partial charge in [-0.1, -0.05) is 12.1 Å². The standard InChI is InChI=1S/C16H25N3O4S.ClH/c1-12(13-4-3-5-14(10-13)24(21,22)18-2)19-15(20)16(11-17)6-8-23-9-7-16;/h3-5,10,12,18H,6-9,11,17H2,1-2H3,(H,19,20);1H. The maximum Gasteiger partial charge on any atom is 0.240 e. The Hall–Kier alpha value is -1.19. The van der Waals surface area contributed by atoms with E-state index in [-0.39, 0.29) is 35.8 Å². The van der Waals surface area contributed by atoms with Crippen LogP contribution in [0.1, 0.15) is 31.4 Å². The number of amides is 1. The zero-order valence-electron chi connectivity index (χ0n) is 14.4. The van der Waals surface area contributed by atoms with E-state index in [9.17, 15) is 13.2 Å². The second kappa shape index (κ2) is 8.95. The Kier molecular flexibility index (Phi) is 7.83. The van der Waals surface area contributed by atoms with Crippen LogP contribution < -0.4 is 15.8 Å². The Balaban J connectivity index is 0.00000312. The van der Waals surface area contributed by atoms with Crippen molar-refractivity contribution in [3.05, 3.63) is 29.8 Å². The van der Waals surface area contributed by atoms with Crippen LogP contribution in [0.15, 0.2) is 29.2 Å². The van der Waals surface area contributed by atoms with E-state index in [0.717, 1.165) is 5.56 Å². The minimum atomic E-state index is -3.52. The smallest absolute Gasteiger partial charge is 0.240 e. The summed E-state index contributed by atoms with van der Waals surface area (Å²) in [7, 11) is -2.15. The molecule has 1 atom stereocenters. The molecule has 1 unspecified atom stereocenters. The molecule has 0 saturated carbocycles. The molecule has 0 spiro atoms. The molecule has 25 heavy (non-hydrogen) atoms. The first-order chi connectivity index (χ1) is 11.3. The average molecular weight is 392 g/mol. The SMILES string of the molecule is CNS(=O)(=O)c1cccc(C(C)NC(=O)C2(CN)CCOCC2)c1.Cl. The van der Waals surface area contributed by atoms with E-state index in [4.69, 9.17) is 10.5 Å². The van der Waals surface area contributed by atoms with E-state index in [0.29, 0.717) is 26.1 Å². The zero-order valence-corrected chi connectivity index (χ0v) is 16.1. The predicted octanol–water partition coefficient (Wildman–Crippen LogP) is 0.949. The molecule has 7 nitrogen and oxygen atoms in total. The van der Waals surface area contributed by atoms with Gasteiger partial charge in [0.15, 0.2) is 0 Å². The summed E-state index contributed by atoms with van der Waals surface area (Å²) in [5.74, 6) is -0.109. The lowest BCUT2D eigenvalue weighted by atomic mass is 9.79. The number of carbonyl (C=O) groups excluding carboxylic acids is 1. The number of nitrogens with two attached hydrogens (primary N) is 1. The van der Waals surface area contributed by atoms with Gasteiger partial charge in [-0.25, -0.2) is 13.1 Å². The fourth-order valence-electron chi connectivity index (χ4n) is 2.79. The Labute approximate surface area is 155 Å². The van der Waals surface area contributed by atoms with Crippen LogP contribution in [0.3, 0.4) is 0 Å². The molecule has 0 radical (unpaired) electrons. The number of nitrogens with one attached hydrogen (secondary N) is 2. The van der Waals surface area contributed by atoms with Gasteiger partial charge in [0.05, 0.1) is 16.4 Å². The molecule has 0 aromatic heterocycles. The van der Waals surface area contributed by atoms with Crippen molar-refractivity contribution in [2.45, 2.75) is 30.7 Å². The van der Waals surface area contributed by atoms with Crippen LogP contribution in [-0.2, 0) is 19.6 Å². The van der Waals surface area contributed by atoms with Gasteiger partial charge in [-0.05, 0) is 44.5 Å². The quantitative estimate of drug-likeness (QED) is 0.668. The van der Waals surface area contributed by atoms with Crippen molar-refractivity contribution in [2.75, 3.05) is 26.8 Å². The highest BCUT2D eigenvalue weighted by atomic mass is 35.5. The average Bonchev–Trinajstić information content (AvgIpc) is 2.62. The van der Waals surface area contributed by atoms with Gasteiger partial charge >= 0.3 is 0 Å². The summed E-state index contributed by atoms with van der Waals surface area (Å²) in [6.07, 6.45) is 1.19. The first-order valence-corrected chi connectivity index (χ1v) is 9.45. The second-order valence-electron chi connectivity index (χ2n) is 6.07. The number of hydrogen-bond donors (Lipinski definition) is 3. The molecule has 9 heteroatoms. The minimum absolute atomic E-state index is 0. The fraction of sp³-hybridized carbons (Fsp3) is 0.562. The summed E-state index contributed by atoms with van der Waals surface area (Å²) in [6, 6.07) is 6.21. The maximum absolute atomic E-state index is 12.7. The van der Waals surface area contributed by atoms with Crippen LogP contribution in [-0.4, -0.2) is 41.1 Å². The summed E-state index contributed by atoms with van der Waals surface area (Å²) < 4.78 is 31.4. The van der Waals surface area contributed by atoms with Gasteiger partial charge in [0.25, 0.3) is 0 Å². The Morgan fingerprint density at radius 3 is 2.56 bits per heavy atom. The van der Waals surface area contributed by atoms with Gasteiger partial charge in [-0.2, -0.15) is 0 Å². The van der Waals surface area contributed by atoms with Gasteiger partial charge in [0, 0.05) is 19.8 Å². The molecule has 4 N–H and O–H groups in total. The predicted molar refractivity (Wildman–Crippen MR) is 98.0 cm³/mol. The van der Waals surface area contributed by atoms with Crippen molar-refractivity contribution in [2.24, 2.45) is 11.1 Å². The third-order valence-corrected chi connectivity index (χ3v) is 6.02. The molecular formula is C16H26ClN3O4S. The number of hydrogen-bond acceptors (Lipinski definition) is 5. The van der Waals surface area contributed by atoms with Gasteiger partial charge in [0.2, 0.25) is 15.9 Å². The maximum atomic E-state index is 12.7. The Bertz CT molecular complexity index is 690. The van der Waals surface area contributed by atoms with Gasteiger partial charge in [-0.3, -0.25) is 4.79 Å². The summed E-state index contributed by atoms with van der Waals surface area (Å²) >= 11 is 0. The van der Waals surface area contributed by atoms with Crippen LogP contribution >= 0.6 is 12.4 Å². The van der Waals surface area contributed by atoms with Crippen LogP contribution in [0.4, 0.5) is 0 Å². The molecule has 1 heterocycles. The number of benzene rings is 1. The highest BCUT2D eigenvalue weighted by Crippen LogP contribution is 2.30. The van der Waals surface area contributed by atoms with E-state index in [1.807, 2.05) is 6.92 Å². The molecule has 0 aliphatic carbocycles. The van der Waals surface area contributed by atoms with Gasteiger partial charge in [0.1, 0.15) is 0 Å². The summed E-state index contributed by atoms with van der Waals surface area (Å²) in [4.78, 5) is 12.9. The molecule has 1 aromatic rings. The second-order valence-corrected chi connectivity index (χ2v) is 7.96. The summed E-state index contributed by atoms with van der Waals surface area (Å²) in [5.41, 5.74) is 5.96. The zero-order chi connectivity index (χ0) is 17.8. The van der Waals surface area contributed by atoms with Crippen molar-refractivity contribution in [3.8, 4) is 0 Å². The van der Waals surface area contributed by atoms with Crippen molar-refractivity contribution < 1.29 is 17.9 Å². The van der Waals surface area contributed by atoms with Crippen molar-refractivity contribution in [1.82, 2.24) is 10.0 Å². The molecule has 1 aliphatic rings. The lowest BCUT2D eigenvalue weighted by molar-refractivity contribution is -0.136. The molecule has 1 saturated heterocycles. The monoisotopic (exact) mass is 391 g/mol. The lowest BCUT2D eigenvalue weighted by Gasteiger charge is -2.35. The molecule has 142 valence electrons. The van der Waals surface area contributed by atoms with E-state index < -0.39 is 15.4 Å².